The van der Waals surface area contributed by atoms with Crippen LogP contribution in [0, 0.1) is 12.8 Å². The van der Waals surface area contributed by atoms with Gasteiger partial charge in [-0.15, -0.1) is 0 Å². The molecule has 0 saturated heterocycles. The molecule has 0 N–H and O–H groups in total. The van der Waals surface area contributed by atoms with E-state index in [1.54, 1.807) is 0 Å². The summed E-state index contributed by atoms with van der Waals surface area (Å²) in [6.45, 7) is 1.97. The van der Waals surface area contributed by atoms with Crippen LogP contribution in [-0.2, 0) is 0 Å². The molecular weight excluding hydrogens is 172 g/mol. The molecule has 72 valence electrons. The van der Waals surface area contributed by atoms with Crippen LogP contribution in [0.1, 0.15) is 34.3 Å². The van der Waals surface area contributed by atoms with Crippen LogP contribution in [0.15, 0.2) is 24.3 Å². The fourth-order valence-corrected chi connectivity index (χ4v) is 1.47. The molecule has 0 heterocycles. The van der Waals surface area contributed by atoms with Crippen molar-refractivity contribution in [1.29, 1.82) is 0 Å². The third-order valence-corrected chi connectivity index (χ3v) is 2.60. The molecule has 0 bridgehead atoms. The van der Waals surface area contributed by atoms with Gasteiger partial charge < -0.3 is 0 Å². The quantitative estimate of drug-likeness (QED) is 0.662. The highest BCUT2D eigenvalue weighted by Gasteiger charge is 2.16. The van der Waals surface area contributed by atoms with Crippen molar-refractivity contribution in [3.63, 3.8) is 0 Å². The maximum atomic E-state index is 10.6. The van der Waals surface area contributed by atoms with Gasteiger partial charge >= 0.3 is 0 Å². The summed E-state index contributed by atoms with van der Waals surface area (Å²) in [6.07, 6.45) is 7.99. The van der Waals surface area contributed by atoms with Gasteiger partial charge in [0.15, 0.2) is 0 Å². The van der Waals surface area contributed by atoms with Gasteiger partial charge in [0.2, 0.25) is 0 Å². The van der Waals surface area contributed by atoms with Crippen molar-refractivity contribution in [2.45, 2.75) is 19.8 Å². The van der Waals surface area contributed by atoms with Gasteiger partial charge in [0.25, 0.3) is 0 Å². The molecule has 0 aromatic heterocycles. The van der Waals surface area contributed by atoms with Crippen molar-refractivity contribution in [2.75, 3.05) is 0 Å². The zero-order valence-corrected chi connectivity index (χ0v) is 8.36. The summed E-state index contributed by atoms with van der Waals surface area (Å²) in [5.74, 6) is 0.807. The van der Waals surface area contributed by atoms with E-state index in [1.807, 2.05) is 19.1 Å². The summed E-state index contributed by atoms with van der Waals surface area (Å²) in [5.41, 5.74) is 3.03. The molecule has 1 aromatic rings. The molecule has 0 spiro atoms. The summed E-state index contributed by atoms with van der Waals surface area (Å²) < 4.78 is 0. The normalized spacial score (nSPS) is 16.1. The molecule has 1 aliphatic rings. The summed E-state index contributed by atoms with van der Waals surface area (Å²) in [6, 6.07) is 5.94. The van der Waals surface area contributed by atoms with E-state index in [0.29, 0.717) is 0 Å². The van der Waals surface area contributed by atoms with E-state index in [0.717, 1.165) is 23.3 Å². The Bertz CT molecular complexity index is 373. The number of rotatable bonds is 3. The Morgan fingerprint density at radius 1 is 1.36 bits per heavy atom. The van der Waals surface area contributed by atoms with E-state index in [4.69, 9.17) is 0 Å². The molecule has 0 aliphatic heterocycles. The van der Waals surface area contributed by atoms with Crippen LogP contribution in [0.3, 0.4) is 0 Å². The van der Waals surface area contributed by atoms with Crippen LogP contribution in [-0.4, -0.2) is 6.29 Å². The Morgan fingerprint density at radius 2 is 2.14 bits per heavy atom. The van der Waals surface area contributed by atoms with E-state index < -0.39 is 0 Å². The van der Waals surface area contributed by atoms with Crippen LogP contribution in [0.5, 0.6) is 0 Å². The number of hydrogen-bond donors (Lipinski definition) is 0. The Hall–Kier alpha value is -1.37. The molecule has 0 unspecified atom stereocenters. The first-order valence-corrected chi connectivity index (χ1v) is 5.03. The Labute approximate surface area is 84.5 Å². The second-order valence-corrected chi connectivity index (χ2v) is 3.93. The molecule has 2 rings (SSSR count). The van der Waals surface area contributed by atoms with Crippen molar-refractivity contribution in [1.82, 2.24) is 0 Å². The van der Waals surface area contributed by atoms with Crippen LogP contribution in [0.25, 0.3) is 6.08 Å². The SMILES string of the molecule is Cc1cc(/C=C/C2CC2)ccc1C=O. The van der Waals surface area contributed by atoms with Gasteiger partial charge in [-0.2, -0.15) is 0 Å². The smallest absolute Gasteiger partial charge is 0.150 e. The predicted molar refractivity (Wildman–Crippen MR) is 58.3 cm³/mol. The van der Waals surface area contributed by atoms with Gasteiger partial charge in [-0.25, -0.2) is 0 Å². The van der Waals surface area contributed by atoms with Gasteiger partial charge in [0, 0.05) is 5.56 Å². The molecule has 1 saturated carbocycles. The van der Waals surface area contributed by atoms with Crippen molar-refractivity contribution in [3.05, 3.63) is 41.0 Å². The number of hydrogen-bond acceptors (Lipinski definition) is 1. The molecule has 0 atom stereocenters. The first kappa shape index (κ1) is 9.20. The standard InChI is InChI=1S/C13H14O/c1-10-8-12(5-4-11-2-3-11)6-7-13(10)9-14/h4-9,11H,2-3H2,1H3/b5-4+. The van der Waals surface area contributed by atoms with Crippen LogP contribution >= 0.6 is 0 Å². The third kappa shape index (κ3) is 2.11. The first-order valence-electron chi connectivity index (χ1n) is 5.03. The number of aryl methyl sites for hydroxylation is 1. The molecule has 1 aromatic carbocycles. The predicted octanol–water partition coefficient (Wildman–Crippen LogP) is 3.23. The highest BCUT2D eigenvalue weighted by Crippen LogP contribution is 2.30. The van der Waals surface area contributed by atoms with Gasteiger partial charge in [-0.1, -0.05) is 30.4 Å². The summed E-state index contributed by atoms with van der Waals surface area (Å²) in [4.78, 5) is 10.6. The summed E-state index contributed by atoms with van der Waals surface area (Å²) in [7, 11) is 0. The number of allylic oxidation sites excluding steroid dienone is 1. The number of benzene rings is 1. The van der Waals surface area contributed by atoms with Crippen LogP contribution in [0.4, 0.5) is 0 Å². The Kier molecular flexibility index (Phi) is 2.49. The number of aldehydes is 1. The monoisotopic (exact) mass is 186 g/mol. The fourth-order valence-electron chi connectivity index (χ4n) is 1.47. The fraction of sp³-hybridized carbons (Fsp3) is 0.308. The molecule has 1 heteroatoms. The lowest BCUT2D eigenvalue weighted by Crippen LogP contribution is -1.86. The van der Waals surface area contributed by atoms with Gasteiger partial charge in [-0.3, -0.25) is 4.79 Å². The van der Waals surface area contributed by atoms with E-state index in [2.05, 4.69) is 18.2 Å². The molecule has 1 nitrogen and oxygen atoms in total. The molecule has 0 amide bonds. The minimum Gasteiger partial charge on any atom is -0.298 e. The van der Waals surface area contributed by atoms with Crippen molar-refractivity contribution in [2.24, 2.45) is 5.92 Å². The second kappa shape index (κ2) is 3.79. The van der Waals surface area contributed by atoms with E-state index in [-0.39, 0.29) is 0 Å². The van der Waals surface area contributed by atoms with Crippen molar-refractivity contribution >= 4 is 12.4 Å². The molecule has 14 heavy (non-hydrogen) atoms. The van der Waals surface area contributed by atoms with Crippen LogP contribution in [0.2, 0.25) is 0 Å². The molecule has 1 aliphatic carbocycles. The highest BCUT2D eigenvalue weighted by molar-refractivity contribution is 5.77. The van der Waals surface area contributed by atoms with Crippen molar-refractivity contribution in [3.8, 4) is 0 Å². The van der Waals surface area contributed by atoms with E-state index in [1.165, 1.54) is 18.4 Å². The number of carbonyl (C=O) groups excluding carboxylic acids is 1. The van der Waals surface area contributed by atoms with Crippen LogP contribution < -0.4 is 0 Å². The minimum absolute atomic E-state index is 0.786. The summed E-state index contributed by atoms with van der Waals surface area (Å²) >= 11 is 0. The lowest BCUT2D eigenvalue weighted by molar-refractivity contribution is 0.112. The Morgan fingerprint density at radius 3 is 2.71 bits per heavy atom. The topological polar surface area (TPSA) is 17.1 Å². The average molecular weight is 186 g/mol. The molecular formula is C13H14O. The minimum atomic E-state index is 0.786. The molecule has 1 fully saturated rings. The van der Waals surface area contributed by atoms with E-state index in [9.17, 15) is 4.79 Å². The number of carbonyl (C=O) groups is 1. The van der Waals surface area contributed by atoms with Gasteiger partial charge in [-0.05, 0) is 36.8 Å². The lowest BCUT2D eigenvalue weighted by Gasteiger charge is -1.99. The van der Waals surface area contributed by atoms with Crippen molar-refractivity contribution < 1.29 is 4.79 Å². The van der Waals surface area contributed by atoms with E-state index >= 15 is 0 Å². The Balaban J connectivity index is 2.18. The second-order valence-electron chi connectivity index (χ2n) is 3.93. The zero-order valence-electron chi connectivity index (χ0n) is 8.36. The maximum absolute atomic E-state index is 10.6. The largest absolute Gasteiger partial charge is 0.298 e. The first-order chi connectivity index (χ1) is 6.79. The maximum Gasteiger partial charge on any atom is 0.150 e. The lowest BCUT2D eigenvalue weighted by atomic mass is 10.1. The van der Waals surface area contributed by atoms with Gasteiger partial charge in [0.05, 0.1) is 0 Å². The average Bonchev–Trinajstić information content (AvgIpc) is 2.98. The highest BCUT2D eigenvalue weighted by atomic mass is 16.1. The van der Waals surface area contributed by atoms with Gasteiger partial charge in [0.1, 0.15) is 6.29 Å². The zero-order chi connectivity index (χ0) is 9.97. The molecule has 0 radical (unpaired) electrons. The summed E-state index contributed by atoms with van der Waals surface area (Å²) in [5, 5.41) is 0. The third-order valence-electron chi connectivity index (χ3n) is 2.60.